The van der Waals surface area contributed by atoms with Crippen molar-refractivity contribution in [2.45, 2.75) is 58.0 Å². The summed E-state index contributed by atoms with van der Waals surface area (Å²) in [5, 5.41) is 6.34. The molecule has 3 saturated heterocycles. The minimum atomic E-state index is -0.636. The molecular formula is C33H40N4O4. The van der Waals surface area contributed by atoms with Crippen LogP contribution in [0.5, 0.6) is 0 Å². The summed E-state index contributed by atoms with van der Waals surface area (Å²) in [5.74, 6) is 0.773. The summed E-state index contributed by atoms with van der Waals surface area (Å²) < 4.78 is 12.0. The molecule has 2 N–H and O–H groups in total. The van der Waals surface area contributed by atoms with Crippen LogP contribution in [-0.2, 0) is 20.9 Å². The van der Waals surface area contributed by atoms with Crippen molar-refractivity contribution < 1.29 is 19.1 Å². The highest BCUT2D eigenvalue weighted by atomic mass is 16.6. The van der Waals surface area contributed by atoms with Gasteiger partial charge in [-0.15, -0.1) is 6.58 Å². The molecule has 6 rings (SSSR count). The molecule has 2 amide bonds. The molecule has 0 spiro atoms. The van der Waals surface area contributed by atoms with E-state index in [2.05, 4.69) is 45.3 Å². The minimum Gasteiger partial charge on any atom is -0.444 e. The summed E-state index contributed by atoms with van der Waals surface area (Å²) in [6.45, 7) is 11.8. The largest absolute Gasteiger partial charge is 0.444 e. The first-order valence-corrected chi connectivity index (χ1v) is 14.4. The van der Waals surface area contributed by atoms with Gasteiger partial charge in [0.15, 0.2) is 0 Å². The number of carbonyl (C=O) groups excluding carboxylic acids is 2. The predicted octanol–water partition coefficient (Wildman–Crippen LogP) is 5.85. The molecule has 1 aromatic heterocycles. The standard InChI is InChI=1S/C33H40N4O4/c1-5-23-20-37-16-14-24(23)17-29(37)31(40-21-22-9-7-6-8-10-22)26-13-15-34-28-12-11-25(18-27(26)28)36-30(38)19-35-32(39)41-33(2,3)4/h5-13,15,18,23-24,29,31H,1,14,16-17,19-21H2,2-4H3,(H,35,39)(H,36,38)/t23-,24-,29+,31-/m0/s1. The van der Waals surface area contributed by atoms with Gasteiger partial charge in [-0.25, -0.2) is 4.79 Å². The van der Waals surface area contributed by atoms with Crippen LogP contribution in [0, 0.1) is 11.8 Å². The number of hydrogen-bond acceptors (Lipinski definition) is 6. The van der Waals surface area contributed by atoms with E-state index in [0.29, 0.717) is 24.1 Å². The summed E-state index contributed by atoms with van der Waals surface area (Å²) in [6, 6.07) is 18.2. The third-order valence-electron chi connectivity index (χ3n) is 7.93. The Morgan fingerprint density at radius 3 is 2.68 bits per heavy atom. The van der Waals surface area contributed by atoms with Gasteiger partial charge in [0.2, 0.25) is 5.91 Å². The van der Waals surface area contributed by atoms with Gasteiger partial charge in [-0.2, -0.15) is 0 Å². The second-order valence-electron chi connectivity index (χ2n) is 12.0. The number of benzene rings is 2. The predicted molar refractivity (Wildman–Crippen MR) is 160 cm³/mol. The Balaban J connectivity index is 1.39. The van der Waals surface area contributed by atoms with Gasteiger partial charge in [-0.3, -0.25) is 14.7 Å². The van der Waals surface area contributed by atoms with Gasteiger partial charge < -0.3 is 20.1 Å². The fourth-order valence-corrected chi connectivity index (χ4v) is 6.03. The number of hydrogen-bond donors (Lipinski definition) is 2. The topological polar surface area (TPSA) is 92.8 Å². The number of rotatable bonds is 9. The Labute approximate surface area is 242 Å². The van der Waals surface area contributed by atoms with Crippen LogP contribution < -0.4 is 10.6 Å². The van der Waals surface area contributed by atoms with E-state index in [1.165, 1.54) is 6.42 Å². The lowest BCUT2D eigenvalue weighted by Gasteiger charge is -2.51. The first-order chi connectivity index (χ1) is 19.7. The Kier molecular flexibility index (Phi) is 8.71. The van der Waals surface area contributed by atoms with Crippen molar-refractivity contribution in [2.75, 3.05) is 25.0 Å². The van der Waals surface area contributed by atoms with E-state index in [1.807, 2.05) is 48.7 Å². The number of pyridine rings is 1. The van der Waals surface area contributed by atoms with Crippen molar-refractivity contribution in [3.63, 3.8) is 0 Å². The molecule has 0 radical (unpaired) electrons. The SMILES string of the molecule is C=C[C@H]1CN2CC[C@H]1C[C@@H]2[C@@H](OCc1ccccc1)c1ccnc2ccc(NC(=O)CNC(=O)OC(C)(C)C)cc12. The number of nitrogens with one attached hydrogen (secondary N) is 2. The Hall–Kier alpha value is -3.75. The van der Waals surface area contributed by atoms with Crippen molar-refractivity contribution >= 4 is 28.6 Å². The molecule has 216 valence electrons. The van der Waals surface area contributed by atoms with Gasteiger partial charge in [0, 0.05) is 29.9 Å². The van der Waals surface area contributed by atoms with Crippen molar-refractivity contribution in [3.8, 4) is 0 Å². The zero-order valence-electron chi connectivity index (χ0n) is 24.1. The molecule has 2 bridgehead atoms. The fraction of sp³-hybridized carbons (Fsp3) is 0.424. The summed E-state index contributed by atoms with van der Waals surface area (Å²) in [5.41, 5.74) is 3.01. The highest BCUT2D eigenvalue weighted by Crippen LogP contribution is 2.43. The van der Waals surface area contributed by atoms with Gasteiger partial charge in [-0.05, 0) is 87.4 Å². The Morgan fingerprint density at radius 1 is 1.17 bits per heavy atom. The van der Waals surface area contributed by atoms with Gasteiger partial charge >= 0.3 is 6.09 Å². The lowest BCUT2D eigenvalue weighted by molar-refractivity contribution is -0.115. The molecule has 3 aliphatic rings. The Morgan fingerprint density at radius 2 is 1.98 bits per heavy atom. The number of anilines is 1. The molecule has 5 atom stereocenters. The summed E-state index contributed by atoms with van der Waals surface area (Å²) in [4.78, 5) is 31.8. The molecule has 8 nitrogen and oxygen atoms in total. The van der Waals surface area contributed by atoms with Crippen LogP contribution >= 0.6 is 0 Å². The molecule has 2 aromatic carbocycles. The van der Waals surface area contributed by atoms with E-state index in [4.69, 9.17) is 9.47 Å². The zero-order chi connectivity index (χ0) is 29.0. The molecular weight excluding hydrogens is 516 g/mol. The van der Waals surface area contributed by atoms with Crippen LogP contribution in [0.2, 0.25) is 0 Å². The number of aromatic nitrogens is 1. The van der Waals surface area contributed by atoms with Crippen molar-refractivity contribution in [3.05, 3.63) is 84.6 Å². The lowest BCUT2D eigenvalue weighted by Crippen LogP contribution is -2.55. The number of nitrogens with zero attached hydrogens (tertiary/aromatic N) is 2. The van der Waals surface area contributed by atoms with Crippen molar-refractivity contribution in [1.29, 1.82) is 0 Å². The molecule has 8 heteroatoms. The van der Waals surface area contributed by atoms with Crippen LogP contribution in [-0.4, -0.2) is 53.2 Å². The molecule has 4 heterocycles. The number of alkyl carbamates (subject to hydrolysis) is 1. The molecule has 0 aliphatic carbocycles. The second-order valence-corrected chi connectivity index (χ2v) is 12.0. The Bertz CT molecular complexity index is 1390. The highest BCUT2D eigenvalue weighted by molar-refractivity contribution is 5.96. The molecule has 1 unspecified atom stereocenters. The highest BCUT2D eigenvalue weighted by Gasteiger charge is 2.43. The summed E-state index contributed by atoms with van der Waals surface area (Å²) in [6.07, 6.45) is 5.38. The zero-order valence-corrected chi connectivity index (χ0v) is 24.1. The minimum absolute atomic E-state index is 0.172. The molecule has 3 aliphatic heterocycles. The van der Waals surface area contributed by atoms with E-state index < -0.39 is 11.7 Å². The van der Waals surface area contributed by atoms with Gasteiger partial charge in [0.1, 0.15) is 12.1 Å². The average Bonchev–Trinajstić information content (AvgIpc) is 2.96. The van der Waals surface area contributed by atoms with Gasteiger partial charge in [-0.1, -0.05) is 36.4 Å². The normalized spacial score (nSPS) is 22.6. The number of fused-ring (bicyclic) bond motifs is 4. The quantitative estimate of drug-likeness (QED) is 0.321. The van der Waals surface area contributed by atoms with E-state index in [-0.39, 0.29) is 24.6 Å². The first-order valence-electron chi connectivity index (χ1n) is 14.4. The summed E-state index contributed by atoms with van der Waals surface area (Å²) in [7, 11) is 0. The average molecular weight is 557 g/mol. The smallest absolute Gasteiger partial charge is 0.408 e. The van der Waals surface area contributed by atoms with Crippen LogP contribution in [0.4, 0.5) is 10.5 Å². The maximum atomic E-state index is 12.7. The third-order valence-corrected chi connectivity index (χ3v) is 7.93. The van der Waals surface area contributed by atoms with Crippen LogP contribution in [0.25, 0.3) is 10.9 Å². The van der Waals surface area contributed by atoms with E-state index in [0.717, 1.165) is 41.5 Å². The molecule has 41 heavy (non-hydrogen) atoms. The number of piperidine rings is 3. The maximum Gasteiger partial charge on any atom is 0.408 e. The van der Waals surface area contributed by atoms with E-state index in [1.54, 1.807) is 20.8 Å². The lowest BCUT2D eigenvalue weighted by atomic mass is 9.73. The summed E-state index contributed by atoms with van der Waals surface area (Å²) >= 11 is 0. The van der Waals surface area contributed by atoms with E-state index in [9.17, 15) is 9.59 Å². The number of amides is 2. The number of carbonyl (C=O) groups is 2. The van der Waals surface area contributed by atoms with Crippen LogP contribution in [0.3, 0.4) is 0 Å². The first kappa shape index (κ1) is 28.8. The molecule has 3 fully saturated rings. The van der Waals surface area contributed by atoms with Gasteiger partial charge in [0.05, 0.1) is 18.2 Å². The third kappa shape index (κ3) is 7.13. The molecule has 0 saturated carbocycles. The second kappa shape index (κ2) is 12.4. The van der Waals surface area contributed by atoms with Crippen molar-refractivity contribution in [1.82, 2.24) is 15.2 Å². The number of ether oxygens (including phenoxy) is 2. The molecule has 3 aromatic rings. The van der Waals surface area contributed by atoms with Crippen LogP contribution in [0.1, 0.15) is 50.8 Å². The van der Waals surface area contributed by atoms with Crippen molar-refractivity contribution in [2.24, 2.45) is 11.8 Å². The van der Waals surface area contributed by atoms with Crippen LogP contribution in [0.15, 0.2) is 73.4 Å². The fourth-order valence-electron chi connectivity index (χ4n) is 6.03. The van der Waals surface area contributed by atoms with E-state index >= 15 is 0 Å². The maximum absolute atomic E-state index is 12.7. The monoisotopic (exact) mass is 556 g/mol. The van der Waals surface area contributed by atoms with Gasteiger partial charge in [0.25, 0.3) is 0 Å².